The van der Waals surface area contributed by atoms with Crippen molar-refractivity contribution in [2.24, 2.45) is 0 Å². The topological polar surface area (TPSA) is 61.0 Å². The maximum Gasteiger partial charge on any atom is 0.275 e. The Labute approximate surface area is 96.4 Å². The average Bonchev–Trinajstić information content (AvgIpc) is 2.73. The number of nitrogens with zero attached hydrogens (tertiary/aromatic N) is 3. The van der Waals surface area contributed by atoms with Crippen LogP contribution in [0.1, 0.15) is 5.56 Å². The van der Waals surface area contributed by atoms with Gasteiger partial charge in [0, 0.05) is 18.5 Å². The standard InChI is InChI=1S/C10H8ClN3O2/c11-9-2-1-3-10(14(15)16)8(9)6-13-5-4-12-7-13/h1-5,7H,6H2. The van der Waals surface area contributed by atoms with Crippen molar-refractivity contribution in [2.75, 3.05) is 0 Å². The highest BCUT2D eigenvalue weighted by atomic mass is 35.5. The minimum atomic E-state index is -0.432. The monoisotopic (exact) mass is 237 g/mol. The van der Waals surface area contributed by atoms with Gasteiger partial charge in [-0.1, -0.05) is 17.7 Å². The largest absolute Gasteiger partial charge is 0.333 e. The van der Waals surface area contributed by atoms with Crippen LogP contribution < -0.4 is 0 Å². The molecule has 16 heavy (non-hydrogen) atoms. The minimum absolute atomic E-state index is 0.0289. The predicted molar refractivity (Wildman–Crippen MR) is 59.4 cm³/mol. The van der Waals surface area contributed by atoms with Gasteiger partial charge in [0.05, 0.1) is 28.4 Å². The molecular weight excluding hydrogens is 230 g/mol. The van der Waals surface area contributed by atoms with E-state index in [9.17, 15) is 10.1 Å². The van der Waals surface area contributed by atoms with E-state index >= 15 is 0 Å². The van der Waals surface area contributed by atoms with Gasteiger partial charge in [-0.05, 0) is 6.07 Å². The Bertz CT molecular complexity index is 511. The average molecular weight is 238 g/mol. The van der Waals surface area contributed by atoms with Crippen molar-refractivity contribution in [3.8, 4) is 0 Å². The third kappa shape index (κ3) is 2.04. The van der Waals surface area contributed by atoms with Crippen LogP contribution >= 0.6 is 11.6 Å². The number of nitro groups is 1. The number of benzene rings is 1. The summed E-state index contributed by atoms with van der Waals surface area (Å²) in [7, 11) is 0. The molecule has 0 saturated heterocycles. The van der Waals surface area contributed by atoms with Crippen LogP contribution in [0, 0.1) is 10.1 Å². The zero-order valence-corrected chi connectivity index (χ0v) is 8.96. The van der Waals surface area contributed by atoms with Crippen LogP contribution in [0.5, 0.6) is 0 Å². The van der Waals surface area contributed by atoms with Crippen LogP contribution in [0.4, 0.5) is 5.69 Å². The molecule has 5 nitrogen and oxygen atoms in total. The first kappa shape index (κ1) is 10.6. The number of aromatic nitrogens is 2. The molecule has 0 spiro atoms. The van der Waals surface area contributed by atoms with Gasteiger partial charge in [-0.3, -0.25) is 10.1 Å². The van der Waals surface area contributed by atoms with E-state index in [0.717, 1.165) is 0 Å². The molecule has 0 aliphatic heterocycles. The Balaban J connectivity index is 2.42. The van der Waals surface area contributed by atoms with Crippen molar-refractivity contribution in [1.29, 1.82) is 0 Å². The van der Waals surface area contributed by atoms with Gasteiger partial charge in [0.1, 0.15) is 0 Å². The third-order valence-electron chi connectivity index (χ3n) is 2.19. The van der Waals surface area contributed by atoms with Crippen molar-refractivity contribution in [1.82, 2.24) is 9.55 Å². The summed E-state index contributed by atoms with van der Waals surface area (Å²) in [6, 6.07) is 4.65. The Morgan fingerprint density at radius 1 is 1.50 bits per heavy atom. The maximum absolute atomic E-state index is 10.8. The number of nitro benzene ring substituents is 1. The van der Waals surface area contributed by atoms with Gasteiger partial charge in [-0.15, -0.1) is 0 Å². The third-order valence-corrected chi connectivity index (χ3v) is 2.54. The zero-order chi connectivity index (χ0) is 11.5. The van der Waals surface area contributed by atoms with Crippen LogP contribution in [0.15, 0.2) is 36.9 Å². The summed E-state index contributed by atoms with van der Waals surface area (Å²) in [4.78, 5) is 14.3. The summed E-state index contributed by atoms with van der Waals surface area (Å²) in [5, 5.41) is 11.2. The van der Waals surface area contributed by atoms with Gasteiger partial charge in [0.25, 0.3) is 5.69 Å². The molecule has 1 aromatic carbocycles. The lowest BCUT2D eigenvalue weighted by Gasteiger charge is -2.05. The molecule has 0 radical (unpaired) electrons. The lowest BCUT2D eigenvalue weighted by molar-refractivity contribution is -0.385. The number of halogens is 1. The van der Waals surface area contributed by atoms with E-state index in [4.69, 9.17) is 11.6 Å². The van der Waals surface area contributed by atoms with Gasteiger partial charge in [-0.2, -0.15) is 0 Å². The molecule has 0 fully saturated rings. The number of rotatable bonds is 3. The van der Waals surface area contributed by atoms with E-state index in [-0.39, 0.29) is 5.69 Å². The van der Waals surface area contributed by atoms with E-state index in [0.29, 0.717) is 17.1 Å². The van der Waals surface area contributed by atoms with E-state index in [1.807, 2.05) is 0 Å². The van der Waals surface area contributed by atoms with Crippen molar-refractivity contribution in [2.45, 2.75) is 6.54 Å². The quantitative estimate of drug-likeness (QED) is 0.609. The van der Waals surface area contributed by atoms with Gasteiger partial charge in [0.2, 0.25) is 0 Å². The fourth-order valence-corrected chi connectivity index (χ4v) is 1.67. The second kappa shape index (κ2) is 4.32. The van der Waals surface area contributed by atoms with Gasteiger partial charge in [-0.25, -0.2) is 4.98 Å². The van der Waals surface area contributed by atoms with Crippen LogP contribution in [-0.4, -0.2) is 14.5 Å². The molecule has 0 aliphatic rings. The van der Waals surface area contributed by atoms with Crippen molar-refractivity contribution < 1.29 is 4.92 Å². The molecule has 6 heteroatoms. The summed E-state index contributed by atoms with van der Waals surface area (Å²) in [5.74, 6) is 0. The Morgan fingerprint density at radius 2 is 2.31 bits per heavy atom. The Hall–Kier alpha value is -1.88. The Morgan fingerprint density at radius 3 is 2.94 bits per heavy atom. The molecule has 0 aliphatic carbocycles. The number of hydrogen-bond donors (Lipinski definition) is 0. The fraction of sp³-hybridized carbons (Fsp3) is 0.100. The summed E-state index contributed by atoms with van der Waals surface area (Å²) >= 11 is 5.95. The van der Waals surface area contributed by atoms with Crippen LogP contribution in [0.3, 0.4) is 0 Å². The highest BCUT2D eigenvalue weighted by Gasteiger charge is 2.16. The number of imidazole rings is 1. The summed E-state index contributed by atoms with van der Waals surface area (Å²) in [6.07, 6.45) is 4.93. The molecule has 0 bridgehead atoms. The lowest BCUT2D eigenvalue weighted by atomic mass is 10.2. The highest BCUT2D eigenvalue weighted by Crippen LogP contribution is 2.26. The predicted octanol–water partition coefficient (Wildman–Crippen LogP) is 2.49. The molecule has 0 saturated carbocycles. The molecule has 0 amide bonds. The number of hydrogen-bond acceptors (Lipinski definition) is 3. The van der Waals surface area contributed by atoms with E-state index in [2.05, 4.69) is 4.98 Å². The van der Waals surface area contributed by atoms with E-state index in [1.165, 1.54) is 6.07 Å². The SMILES string of the molecule is O=[N+]([O-])c1cccc(Cl)c1Cn1ccnc1. The minimum Gasteiger partial charge on any atom is -0.333 e. The highest BCUT2D eigenvalue weighted by molar-refractivity contribution is 6.31. The molecule has 0 atom stereocenters. The molecule has 2 aromatic rings. The molecule has 82 valence electrons. The van der Waals surface area contributed by atoms with E-state index in [1.54, 1.807) is 35.4 Å². The summed E-state index contributed by atoms with van der Waals surface area (Å²) < 4.78 is 1.73. The van der Waals surface area contributed by atoms with Gasteiger partial charge < -0.3 is 4.57 Å². The van der Waals surface area contributed by atoms with Gasteiger partial charge in [0.15, 0.2) is 0 Å². The molecule has 2 rings (SSSR count). The second-order valence-corrected chi connectivity index (χ2v) is 3.64. The van der Waals surface area contributed by atoms with Crippen molar-refractivity contribution >= 4 is 17.3 Å². The van der Waals surface area contributed by atoms with Crippen LogP contribution in [0.2, 0.25) is 5.02 Å². The molecule has 1 heterocycles. The van der Waals surface area contributed by atoms with E-state index < -0.39 is 4.92 Å². The smallest absolute Gasteiger partial charge is 0.275 e. The fourth-order valence-electron chi connectivity index (χ4n) is 1.44. The first-order valence-corrected chi connectivity index (χ1v) is 4.94. The van der Waals surface area contributed by atoms with Gasteiger partial charge >= 0.3 is 0 Å². The first-order chi connectivity index (χ1) is 7.68. The maximum atomic E-state index is 10.8. The molecule has 1 aromatic heterocycles. The molecular formula is C10H8ClN3O2. The zero-order valence-electron chi connectivity index (χ0n) is 8.21. The van der Waals surface area contributed by atoms with Crippen LogP contribution in [0.25, 0.3) is 0 Å². The lowest BCUT2D eigenvalue weighted by Crippen LogP contribution is -2.02. The van der Waals surface area contributed by atoms with Crippen LogP contribution in [-0.2, 0) is 6.54 Å². The first-order valence-electron chi connectivity index (χ1n) is 4.56. The second-order valence-electron chi connectivity index (χ2n) is 3.23. The molecule has 0 N–H and O–H groups in total. The summed E-state index contributed by atoms with van der Waals surface area (Å²) in [6.45, 7) is 0.343. The van der Waals surface area contributed by atoms with Crippen molar-refractivity contribution in [3.05, 3.63) is 57.6 Å². The molecule has 0 unspecified atom stereocenters. The Kier molecular flexibility index (Phi) is 2.87. The van der Waals surface area contributed by atoms with Crippen molar-refractivity contribution in [3.63, 3.8) is 0 Å². The normalized spacial score (nSPS) is 10.3. The summed E-state index contributed by atoms with van der Waals surface area (Å²) in [5.41, 5.74) is 0.522.